The van der Waals surface area contributed by atoms with Gasteiger partial charge in [-0.05, 0) is 31.5 Å². The zero-order chi connectivity index (χ0) is 15.5. The maximum atomic E-state index is 12.2. The lowest BCUT2D eigenvalue weighted by atomic mass is 10.2. The molecule has 0 atom stereocenters. The van der Waals surface area contributed by atoms with Gasteiger partial charge in [-0.2, -0.15) is 0 Å². The Kier molecular flexibility index (Phi) is 5.32. The molecule has 0 saturated heterocycles. The van der Waals surface area contributed by atoms with Crippen LogP contribution in [0.2, 0.25) is 0 Å². The van der Waals surface area contributed by atoms with Crippen molar-refractivity contribution >= 4 is 27.2 Å². The third-order valence-corrected chi connectivity index (χ3v) is 5.32. The van der Waals surface area contributed by atoms with E-state index >= 15 is 0 Å². The summed E-state index contributed by atoms with van der Waals surface area (Å²) in [6.45, 7) is 4.21. The molecule has 21 heavy (non-hydrogen) atoms. The minimum Gasteiger partial charge on any atom is -0.389 e. The number of hydrogen-bond donors (Lipinski definition) is 2. The van der Waals surface area contributed by atoms with E-state index in [1.165, 1.54) is 25.0 Å². The number of benzene rings is 1. The summed E-state index contributed by atoms with van der Waals surface area (Å²) in [5.41, 5.74) is 6.16. The van der Waals surface area contributed by atoms with Crippen molar-refractivity contribution in [2.24, 2.45) is 5.73 Å². The van der Waals surface area contributed by atoms with Gasteiger partial charge in [-0.15, -0.1) is 0 Å². The number of likely N-dealkylation sites (N-methyl/N-ethyl adjacent to an activating group) is 1. The van der Waals surface area contributed by atoms with Crippen LogP contribution in [0.5, 0.6) is 0 Å². The highest BCUT2D eigenvalue weighted by molar-refractivity contribution is 7.89. The zero-order valence-corrected chi connectivity index (χ0v) is 13.7. The van der Waals surface area contributed by atoms with Crippen LogP contribution in [-0.2, 0) is 10.0 Å². The van der Waals surface area contributed by atoms with Crippen molar-refractivity contribution in [2.75, 3.05) is 19.6 Å². The molecule has 0 unspecified atom stereocenters. The van der Waals surface area contributed by atoms with E-state index in [1.807, 2.05) is 0 Å². The molecule has 0 amide bonds. The Hall–Kier alpha value is -1.02. The van der Waals surface area contributed by atoms with Gasteiger partial charge in [0.25, 0.3) is 0 Å². The van der Waals surface area contributed by atoms with Gasteiger partial charge in [0, 0.05) is 24.7 Å². The number of nitrogens with one attached hydrogen (secondary N) is 1. The highest BCUT2D eigenvalue weighted by atomic mass is 32.2. The summed E-state index contributed by atoms with van der Waals surface area (Å²) in [5.74, 6) is 0. The Morgan fingerprint density at radius 3 is 2.48 bits per heavy atom. The lowest BCUT2D eigenvalue weighted by Crippen LogP contribution is -2.36. The summed E-state index contributed by atoms with van der Waals surface area (Å²) < 4.78 is 27.0. The molecule has 7 heteroatoms. The van der Waals surface area contributed by atoms with Crippen LogP contribution in [0.25, 0.3) is 0 Å². The molecular formula is C14H21N3O2S2. The molecule has 116 valence electrons. The molecule has 1 aromatic carbocycles. The SMILES string of the molecule is CCN(CCNS(=O)(=O)c1ccc(C(N)=S)cc1)C1CC1. The van der Waals surface area contributed by atoms with Gasteiger partial charge in [0.05, 0.1) is 4.90 Å². The van der Waals surface area contributed by atoms with Crippen molar-refractivity contribution in [2.45, 2.75) is 30.7 Å². The monoisotopic (exact) mass is 327 g/mol. The van der Waals surface area contributed by atoms with Gasteiger partial charge in [-0.3, -0.25) is 4.90 Å². The highest BCUT2D eigenvalue weighted by Crippen LogP contribution is 2.25. The average Bonchev–Trinajstić information content (AvgIpc) is 3.28. The van der Waals surface area contributed by atoms with E-state index in [2.05, 4.69) is 16.5 Å². The van der Waals surface area contributed by atoms with Gasteiger partial charge in [-0.1, -0.05) is 31.3 Å². The molecule has 1 saturated carbocycles. The van der Waals surface area contributed by atoms with Crippen LogP contribution < -0.4 is 10.5 Å². The summed E-state index contributed by atoms with van der Waals surface area (Å²) in [5, 5.41) is 0. The second-order valence-corrected chi connectivity index (χ2v) is 7.35. The number of sulfonamides is 1. The van der Waals surface area contributed by atoms with Gasteiger partial charge < -0.3 is 5.73 Å². The Morgan fingerprint density at radius 2 is 2.00 bits per heavy atom. The van der Waals surface area contributed by atoms with Gasteiger partial charge in [-0.25, -0.2) is 13.1 Å². The third kappa shape index (κ3) is 4.47. The minimum absolute atomic E-state index is 0.233. The largest absolute Gasteiger partial charge is 0.389 e. The van der Waals surface area contributed by atoms with Crippen molar-refractivity contribution in [3.05, 3.63) is 29.8 Å². The quantitative estimate of drug-likeness (QED) is 0.699. The Labute approximate surface area is 131 Å². The molecule has 2 rings (SSSR count). The van der Waals surface area contributed by atoms with E-state index in [0.29, 0.717) is 18.2 Å². The van der Waals surface area contributed by atoms with Crippen LogP contribution in [-0.4, -0.2) is 44.0 Å². The zero-order valence-electron chi connectivity index (χ0n) is 12.1. The standard InChI is InChI=1S/C14H21N3O2S2/c1-2-17(12-5-6-12)10-9-16-21(18,19)13-7-3-11(4-8-13)14(15)20/h3-4,7-8,12,16H,2,5-6,9-10H2,1H3,(H2,15,20). The van der Waals surface area contributed by atoms with Crippen LogP contribution in [0.3, 0.4) is 0 Å². The van der Waals surface area contributed by atoms with Crippen molar-refractivity contribution in [1.29, 1.82) is 0 Å². The topological polar surface area (TPSA) is 75.4 Å². The summed E-state index contributed by atoms with van der Waals surface area (Å²) in [7, 11) is -3.47. The Bertz CT molecular complexity index is 595. The van der Waals surface area contributed by atoms with Crippen LogP contribution in [0.1, 0.15) is 25.3 Å². The number of nitrogens with zero attached hydrogens (tertiary/aromatic N) is 1. The predicted molar refractivity (Wildman–Crippen MR) is 87.8 cm³/mol. The van der Waals surface area contributed by atoms with E-state index in [0.717, 1.165) is 13.1 Å². The van der Waals surface area contributed by atoms with Gasteiger partial charge >= 0.3 is 0 Å². The predicted octanol–water partition coefficient (Wildman–Crippen LogP) is 1.08. The average molecular weight is 327 g/mol. The van der Waals surface area contributed by atoms with Gasteiger partial charge in [0.15, 0.2) is 0 Å². The molecule has 0 aromatic heterocycles. The maximum absolute atomic E-state index is 12.2. The summed E-state index contributed by atoms with van der Waals surface area (Å²) in [6.07, 6.45) is 2.45. The molecule has 0 aliphatic heterocycles. The van der Waals surface area contributed by atoms with Crippen molar-refractivity contribution in [1.82, 2.24) is 9.62 Å². The van der Waals surface area contributed by atoms with Crippen LogP contribution in [0.15, 0.2) is 29.2 Å². The fraction of sp³-hybridized carbons (Fsp3) is 0.500. The maximum Gasteiger partial charge on any atom is 0.240 e. The molecule has 3 N–H and O–H groups in total. The molecule has 1 aliphatic carbocycles. The smallest absolute Gasteiger partial charge is 0.240 e. The molecule has 0 bridgehead atoms. The molecule has 1 aliphatic rings. The number of thiocarbonyl (C=S) groups is 1. The highest BCUT2D eigenvalue weighted by Gasteiger charge is 2.27. The minimum atomic E-state index is -3.47. The Balaban J connectivity index is 1.92. The van der Waals surface area contributed by atoms with E-state index < -0.39 is 10.0 Å². The second kappa shape index (κ2) is 6.83. The number of nitrogens with two attached hydrogens (primary N) is 1. The normalized spacial score (nSPS) is 15.3. The van der Waals surface area contributed by atoms with E-state index in [-0.39, 0.29) is 9.88 Å². The first-order valence-corrected chi connectivity index (χ1v) is 8.96. The molecular weight excluding hydrogens is 306 g/mol. The molecule has 0 spiro atoms. The molecule has 0 radical (unpaired) electrons. The first kappa shape index (κ1) is 16.4. The van der Waals surface area contributed by atoms with Crippen LogP contribution in [0.4, 0.5) is 0 Å². The summed E-state index contributed by atoms with van der Waals surface area (Å²) >= 11 is 4.85. The summed E-state index contributed by atoms with van der Waals surface area (Å²) in [4.78, 5) is 2.80. The number of hydrogen-bond acceptors (Lipinski definition) is 4. The summed E-state index contributed by atoms with van der Waals surface area (Å²) in [6, 6.07) is 6.94. The van der Waals surface area contributed by atoms with Crippen molar-refractivity contribution in [3.63, 3.8) is 0 Å². The van der Waals surface area contributed by atoms with Gasteiger partial charge in [0.2, 0.25) is 10.0 Å². The first-order valence-electron chi connectivity index (χ1n) is 7.07. The van der Waals surface area contributed by atoms with E-state index in [9.17, 15) is 8.42 Å². The lowest BCUT2D eigenvalue weighted by molar-refractivity contribution is 0.282. The number of rotatable bonds is 8. The first-order chi connectivity index (χ1) is 9.94. The van der Waals surface area contributed by atoms with Crippen LogP contribution in [0, 0.1) is 0 Å². The van der Waals surface area contributed by atoms with Gasteiger partial charge in [0.1, 0.15) is 4.99 Å². The van der Waals surface area contributed by atoms with E-state index in [1.54, 1.807) is 12.1 Å². The lowest BCUT2D eigenvalue weighted by Gasteiger charge is -2.19. The molecule has 5 nitrogen and oxygen atoms in total. The van der Waals surface area contributed by atoms with Crippen molar-refractivity contribution in [3.8, 4) is 0 Å². The third-order valence-electron chi connectivity index (χ3n) is 3.61. The molecule has 1 aromatic rings. The molecule has 0 heterocycles. The fourth-order valence-corrected chi connectivity index (χ4v) is 3.40. The van der Waals surface area contributed by atoms with Crippen molar-refractivity contribution < 1.29 is 8.42 Å². The van der Waals surface area contributed by atoms with Crippen LogP contribution >= 0.6 is 12.2 Å². The Morgan fingerprint density at radius 1 is 1.38 bits per heavy atom. The fourth-order valence-electron chi connectivity index (χ4n) is 2.24. The second-order valence-electron chi connectivity index (χ2n) is 5.15. The van der Waals surface area contributed by atoms with E-state index in [4.69, 9.17) is 18.0 Å². The molecule has 1 fully saturated rings.